The molecule has 0 radical (unpaired) electrons. The average molecular weight is 611 g/mol. The highest BCUT2D eigenvalue weighted by molar-refractivity contribution is 7.89. The second-order valence-electron chi connectivity index (χ2n) is 8.54. The van der Waals surface area contributed by atoms with Crippen LogP contribution < -0.4 is 9.46 Å². The number of non-ortho nitro benzene ring substituents is 2. The third-order valence-corrected chi connectivity index (χ3v) is 9.23. The van der Waals surface area contributed by atoms with Gasteiger partial charge < -0.3 is 14.9 Å². The van der Waals surface area contributed by atoms with Crippen LogP contribution >= 0.6 is 0 Å². The largest absolute Gasteiger partial charge is 0.492 e. The molecule has 3 rings (SSSR count). The number of nitro benzene ring substituents is 2. The van der Waals surface area contributed by atoms with Crippen molar-refractivity contribution >= 4 is 31.4 Å². The Labute approximate surface area is 235 Å². The van der Waals surface area contributed by atoms with Gasteiger partial charge in [-0.3, -0.25) is 20.2 Å². The second kappa shape index (κ2) is 13.6. The maximum atomic E-state index is 13.7. The van der Waals surface area contributed by atoms with Crippen LogP contribution in [0, 0.1) is 20.2 Å². The summed E-state index contributed by atoms with van der Waals surface area (Å²) in [7, 11) is -8.95. The van der Waals surface area contributed by atoms with Crippen molar-refractivity contribution in [2.45, 2.75) is 21.9 Å². The van der Waals surface area contributed by atoms with Gasteiger partial charge in [0.15, 0.2) is 0 Å². The molecule has 0 saturated carbocycles. The molecule has 0 aromatic heterocycles. The van der Waals surface area contributed by atoms with Crippen LogP contribution in [0.4, 0.5) is 11.4 Å². The first-order valence-electron chi connectivity index (χ1n) is 11.8. The zero-order valence-electron chi connectivity index (χ0n) is 21.2. The first kappa shape index (κ1) is 31.5. The van der Waals surface area contributed by atoms with Crippen LogP contribution in [0.25, 0.3) is 0 Å². The van der Waals surface area contributed by atoms with E-state index in [1.807, 2.05) is 0 Å². The molecule has 3 aromatic rings. The zero-order valence-corrected chi connectivity index (χ0v) is 22.8. The fraction of sp³-hybridized carbons (Fsp3) is 0.250. The van der Waals surface area contributed by atoms with Crippen LogP contribution in [-0.4, -0.2) is 79.6 Å². The first-order valence-corrected chi connectivity index (χ1v) is 14.7. The number of nitrogens with one attached hydrogen (secondary N) is 1. The third-order valence-electron chi connectivity index (χ3n) is 5.76. The molecule has 0 spiro atoms. The van der Waals surface area contributed by atoms with Gasteiger partial charge in [0.25, 0.3) is 11.4 Å². The normalized spacial score (nSPS) is 13.4. The Bertz CT molecular complexity index is 1550. The summed E-state index contributed by atoms with van der Waals surface area (Å²) in [6.07, 6.45) is 0. The van der Waals surface area contributed by atoms with Gasteiger partial charge in [0.2, 0.25) is 20.0 Å². The Morgan fingerprint density at radius 3 is 1.76 bits per heavy atom. The summed E-state index contributed by atoms with van der Waals surface area (Å²) in [5, 5.41) is 42.0. The van der Waals surface area contributed by atoms with Crippen LogP contribution in [-0.2, 0) is 20.0 Å². The maximum absolute atomic E-state index is 13.7. The molecule has 0 bridgehead atoms. The maximum Gasteiger partial charge on any atom is 0.269 e. The molecule has 0 heterocycles. The number of sulfonamides is 2. The van der Waals surface area contributed by atoms with Crippen LogP contribution in [0.5, 0.6) is 5.75 Å². The van der Waals surface area contributed by atoms with Crippen molar-refractivity contribution in [3.05, 3.63) is 99.1 Å². The fourth-order valence-electron chi connectivity index (χ4n) is 3.64. The molecule has 15 nitrogen and oxygen atoms in total. The topological polar surface area (TPSA) is 220 Å². The number of hydrogen-bond donors (Lipinski definition) is 3. The monoisotopic (exact) mass is 610 g/mol. The van der Waals surface area contributed by atoms with E-state index in [1.54, 1.807) is 30.3 Å². The van der Waals surface area contributed by atoms with Gasteiger partial charge in [0.1, 0.15) is 12.4 Å². The quantitative estimate of drug-likeness (QED) is 0.164. The number of para-hydroxylation sites is 1. The minimum Gasteiger partial charge on any atom is -0.492 e. The van der Waals surface area contributed by atoms with Crippen LogP contribution in [0.3, 0.4) is 0 Å². The van der Waals surface area contributed by atoms with E-state index in [0.717, 1.165) is 52.8 Å². The molecule has 41 heavy (non-hydrogen) atoms. The average Bonchev–Trinajstić information content (AvgIpc) is 2.96. The van der Waals surface area contributed by atoms with Gasteiger partial charge in [0, 0.05) is 30.8 Å². The molecule has 0 amide bonds. The van der Waals surface area contributed by atoms with E-state index in [1.165, 1.54) is 0 Å². The summed E-state index contributed by atoms with van der Waals surface area (Å²) >= 11 is 0. The third kappa shape index (κ3) is 8.03. The summed E-state index contributed by atoms with van der Waals surface area (Å²) in [6.45, 7) is -2.71. The number of benzene rings is 3. The molecule has 0 aliphatic rings. The number of hydrogen-bond acceptors (Lipinski definition) is 11. The molecule has 220 valence electrons. The van der Waals surface area contributed by atoms with Crippen LogP contribution in [0.2, 0.25) is 0 Å². The lowest BCUT2D eigenvalue weighted by molar-refractivity contribution is -0.385. The lowest BCUT2D eigenvalue weighted by Crippen LogP contribution is -2.53. The fourth-order valence-corrected chi connectivity index (χ4v) is 6.50. The molecular weight excluding hydrogens is 584 g/mol. The van der Waals surface area contributed by atoms with E-state index in [4.69, 9.17) is 4.74 Å². The minimum atomic E-state index is -4.55. The van der Waals surface area contributed by atoms with Gasteiger partial charge in [-0.15, -0.1) is 0 Å². The van der Waals surface area contributed by atoms with Crippen LogP contribution in [0.1, 0.15) is 0 Å². The van der Waals surface area contributed by atoms with E-state index in [9.17, 15) is 47.3 Å². The van der Waals surface area contributed by atoms with Crippen molar-refractivity contribution < 1.29 is 41.6 Å². The van der Waals surface area contributed by atoms with Crippen molar-refractivity contribution in [2.75, 3.05) is 26.4 Å². The standard InChI is InChI=1S/C24H26N4O11S2/c29-15-18(25-40(35,36)23-10-6-19(7-11-23)27(31)32)14-26(21(16-30)17-39-22-4-2-1-3-5-22)41(37,38)24-12-8-20(9-13-24)28(33)34/h1-13,18,21,25,29-30H,14-17H2/t18-,21+/m0/s1. The molecule has 0 fully saturated rings. The number of nitrogens with zero attached hydrogens (tertiary/aromatic N) is 3. The molecule has 0 unspecified atom stereocenters. The number of rotatable bonds is 15. The van der Waals surface area contributed by atoms with Crippen molar-refractivity contribution in [2.24, 2.45) is 0 Å². The van der Waals surface area contributed by atoms with E-state index in [-0.39, 0.29) is 22.9 Å². The molecule has 2 atom stereocenters. The van der Waals surface area contributed by atoms with E-state index < -0.39 is 66.6 Å². The highest BCUT2D eigenvalue weighted by Crippen LogP contribution is 2.23. The van der Waals surface area contributed by atoms with Crippen molar-refractivity contribution in [1.82, 2.24) is 9.03 Å². The molecule has 0 aliphatic carbocycles. The lowest BCUT2D eigenvalue weighted by atomic mass is 10.2. The molecule has 3 aromatic carbocycles. The van der Waals surface area contributed by atoms with Crippen LogP contribution in [0.15, 0.2) is 88.7 Å². The van der Waals surface area contributed by atoms with Gasteiger partial charge in [-0.2, -0.15) is 4.31 Å². The summed E-state index contributed by atoms with van der Waals surface area (Å²) < 4.78 is 61.8. The van der Waals surface area contributed by atoms with Gasteiger partial charge in [0.05, 0.1) is 44.9 Å². The summed E-state index contributed by atoms with van der Waals surface area (Å²) in [4.78, 5) is 19.7. The molecule has 3 N–H and O–H groups in total. The SMILES string of the molecule is O=[N+]([O-])c1ccc(S(=O)(=O)N[C@H](CO)CN([C@H](CO)COc2ccccc2)S(=O)(=O)c2ccc([N+](=O)[O-])cc2)cc1. The van der Waals surface area contributed by atoms with Crippen molar-refractivity contribution in [3.8, 4) is 5.75 Å². The Morgan fingerprint density at radius 2 is 1.29 bits per heavy atom. The van der Waals surface area contributed by atoms with Gasteiger partial charge in [-0.05, 0) is 36.4 Å². The lowest BCUT2D eigenvalue weighted by Gasteiger charge is -2.32. The van der Waals surface area contributed by atoms with Gasteiger partial charge in [-0.1, -0.05) is 18.2 Å². The van der Waals surface area contributed by atoms with E-state index >= 15 is 0 Å². The highest BCUT2D eigenvalue weighted by Gasteiger charge is 2.35. The summed E-state index contributed by atoms with van der Waals surface area (Å²) in [6, 6.07) is 13.3. The molecule has 17 heteroatoms. The minimum absolute atomic E-state index is 0.354. The Morgan fingerprint density at radius 1 is 0.780 bits per heavy atom. The summed E-state index contributed by atoms with van der Waals surface area (Å²) in [5.74, 6) is 0.358. The summed E-state index contributed by atoms with van der Waals surface area (Å²) in [5.41, 5.74) is -0.724. The second-order valence-corrected chi connectivity index (χ2v) is 12.1. The first-order chi connectivity index (χ1) is 19.4. The van der Waals surface area contributed by atoms with Crippen molar-refractivity contribution in [3.63, 3.8) is 0 Å². The Hall–Kier alpha value is -4.00. The van der Waals surface area contributed by atoms with Gasteiger partial charge >= 0.3 is 0 Å². The van der Waals surface area contributed by atoms with E-state index in [2.05, 4.69) is 4.72 Å². The Balaban J connectivity index is 1.94. The zero-order chi connectivity index (χ0) is 30.2. The molecule has 0 saturated heterocycles. The number of aliphatic hydroxyl groups is 2. The van der Waals surface area contributed by atoms with E-state index in [0.29, 0.717) is 5.75 Å². The highest BCUT2D eigenvalue weighted by atomic mass is 32.2. The number of ether oxygens (including phenoxy) is 1. The van der Waals surface area contributed by atoms with Gasteiger partial charge in [-0.25, -0.2) is 21.6 Å². The number of nitro groups is 2. The smallest absolute Gasteiger partial charge is 0.269 e. The predicted molar refractivity (Wildman–Crippen MR) is 144 cm³/mol. The predicted octanol–water partition coefficient (Wildman–Crippen LogP) is 1.27. The molecule has 0 aliphatic heterocycles. The van der Waals surface area contributed by atoms with Crippen molar-refractivity contribution in [1.29, 1.82) is 0 Å². The Kier molecular flexibility index (Phi) is 10.4. The molecular formula is C24H26N4O11S2. The number of aliphatic hydroxyl groups excluding tert-OH is 2.